The fourth-order valence-electron chi connectivity index (χ4n) is 2.56. The molecule has 1 aliphatic heterocycles. The first-order valence-electron chi connectivity index (χ1n) is 8.14. The molecule has 0 unspecified atom stereocenters. The van der Waals surface area contributed by atoms with E-state index in [9.17, 15) is 4.79 Å². The number of rotatable bonds is 4. The summed E-state index contributed by atoms with van der Waals surface area (Å²) in [5, 5.41) is 2.78. The molecule has 0 bridgehead atoms. The Morgan fingerprint density at radius 1 is 1.08 bits per heavy atom. The number of carbonyl (C=O) groups is 1. The van der Waals surface area contributed by atoms with Crippen LogP contribution in [-0.4, -0.2) is 59.5 Å². The Kier molecular flexibility index (Phi) is 5.40. The molecular formula is C17H21N7O. The van der Waals surface area contributed by atoms with Crippen molar-refractivity contribution in [2.24, 2.45) is 10.7 Å². The summed E-state index contributed by atoms with van der Waals surface area (Å²) in [6.07, 6.45) is 3.46. The van der Waals surface area contributed by atoms with E-state index in [2.05, 4.69) is 25.2 Å². The first kappa shape index (κ1) is 16.7. The summed E-state index contributed by atoms with van der Waals surface area (Å²) in [5.41, 5.74) is 6.77. The summed E-state index contributed by atoms with van der Waals surface area (Å²) in [6.45, 7) is 2.96. The van der Waals surface area contributed by atoms with Gasteiger partial charge >= 0.3 is 0 Å². The average molecular weight is 339 g/mol. The van der Waals surface area contributed by atoms with Crippen molar-refractivity contribution < 1.29 is 4.79 Å². The molecule has 1 amide bonds. The van der Waals surface area contributed by atoms with Gasteiger partial charge < -0.3 is 20.9 Å². The highest BCUT2D eigenvalue weighted by molar-refractivity contribution is 5.93. The van der Waals surface area contributed by atoms with Gasteiger partial charge in [0.25, 0.3) is 0 Å². The predicted molar refractivity (Wildman–Crippen MR) is 97.4 cm³/mol. The first-order chi connectivity index (χ1) is 12.2. The molecule has 0 spiro atoms. The van der Waals surface area contributed by atoms with E-state index in [0.717, 1.165) is 24.7 Å². The molecular weight excluding hydrogens is 318 g/mol. The minimum Gasteiger partial charge on any atom is -0.370 e. The lowest BCUT2D eigenvalue weighted by atomic mass is 10.3. The molecule has 8 nitrogen and oxygen atoms in total. The van der Waals surface area contributed by atoms with Gasteiger partial charge in [-0.15, -0.1) is 0 Å². The summed E-state index contributed by atoms with van der Waals surface area (Å²) >= 11 is 0. The second-order valence-electron chi connectivity index (χ2n) is 5.61. The van der Waals surface area contributed by atoms with Crippen LogP contribution < -0.4 is 16.0 Å². The number of aromatic nitrogens is 2. The van der Waals surface area contributed by atoms with Crippen molar-refractivity contribution in [2.45, 2.75) is 0 Å². The van der Waals surface area contributed by atoms with E-state index in [1.165, 1.54) is 0 Å². The molecule has 0 saturated carbocycles. The van der Waals surface area contributed by atoms with Gasteiger partial charge in [-0.05, 0) is 18.2 Å². The Hall–Kier alpha value is -3.16. The van der Waals surface area contributed by atoms with Crippen LogP contribution in [0, 0.1) is 0 Å². The molecule has 0 radical (unpaired) electrons. The minimum atomic E-state index is -0.189. The number of aliphatic imine (C=N–C) groups is 1. The Balaban J connectivity index is 1.48. The molecule has 130 valence electrons. The summed E-state index contributed by atoms with van der Waals surface area (Å²) in [7, 11) is 0. The number of para-hydroxylation sites is 1. The van der Waals surface area contributed by atoms with E-state index in [0.29, 0.717) is 19.0 Å². The molecule has 0 aliphatic carbocycles. The molecule has 0 atom stereocenters. The van der Waals surface area contributed by atoms with Crippen LogP contribution >= 0.6 is 0 Å². The standard InChI is InChI=1S/C17H21N7O/c18-16(21-13-15(25)22-14-5-2-1-3-6-14)23-9-11-24(12-10-23)17-19-7-4-8-20-17/h1-8H,9-13H2,(H2,18,21)(H,22,25). The van der Waals surface area contributed by atoms with Crippen molar-refractivity contribution in [2.75, 3.05) is 42.9 Å². The predicted octanol–water partition coefficient (Wildman–Crippen LogP) is 0.552. The number of carbonyl (C=O) groups excluding carboxylic acids is 1. The summed E-state index contributed by atoms with van der Waals surface area (Å²) in [5.74, 6) is 0.919. The molecule has 25 heavy (non-hydrogen) atoms. The fourth-order valence-corrected chi connectivity index (χ4v) is 2.56. The molecule has 1 saturated heterocycles. The van der Waals surface area contributed by atoms with Gasteiger partial charge in [-0.2, -0.15) is 0 Å². The third-order valence-electron chi connectivity index (χ3n) is 3.88. The zero-order valence-corrected chi connectivity index (χ0v) is 13.9. The molecule has 1 fully saturated rings. The van der Waals surface area contributed by atoms with Crippen LogP contribution in [0.4, 0.5) is 11.6 Å². The Morgan fingerprint density at radius 2 is 1.76 bits per heavy atom. The highest BCUT2D eigenvalue weighted by Gasteiger charge is 2.20. The highest BCUT2D eigenvalue weighted by Crippen LogP contribution is 2.09. The van der Waals surface area contributed by atoms with Crippen LogP contribution in [-0.2, 0) is 4.79 Å². The van der Waals surface area contributed by atoms with Crippen LogP contribution in [0.25, 0.3) is 0 Å². The van der Waals surface area contributed by atoms with Crippen LogP contribution in [0.2, 0.25) is 0 Å². The van der Waals surface area contributed by atoms with E-state index in [1.54, 1.807) is 18.5 Å². The smallest absolute Gasteiger partial charge is 0.246 e. The van der Waals surface area contributed by atoms with Crippen molar-refractivity contribution in [3.05, 3.63) is 48.8 Å². The average Bonchev–Trinajstić information content (AvgIpc) is 2.68. The number of piperazine rings is 1. The Morgan fingerprint density at radius 3 is 2.44 bits per heavy atom. The Bertz CT molecular complexity index is 712. The van der Waals surface area contributed by atoms with Gasteiger partial charge in [0.1, 0.15) is 6.54 Å². The number of nitrogens with two attached hydrogens (primary N) is 1. The minimum absolute atomic E-state index is 0.00272. The molecule has 1 aliphatic rings. The SMILES string of the molecule is NC(=NCC(=O)Nc1ccccc1)N1CCN(c2ncccn2)CC1. The number of amides is 1. The topological polar surface area (TPSA) is 99.7 Å². The second-order valence-corrected chi connectivity index (χ2v) is 5.61. The molecule has 2 aromatic rings. The number of nitrogens with zero attached hydrogens (tertiary/aromatic N) is 5. The van der Waals surface area contributed by atoms with E-state index >= 15 is 0 Å². The molecule has 3 N–H and O–H groups in total. The number of anilines is 2. The van der Waals surface area contributed by atoms with Crippen LogP contribution in [0.15, 0.2) is 53.8 Å². The van der Waals surface area contributed by atoms with Gasteiger partial charge in [-0.1, -0.05) is 18.2 Å². The largest absolute Gasteiger partial charge is 0.370 e. The molecule has 8 heteroatoms. The summed E-state index contributed by atoms with van der Waals surface area (Å²) < 4.78 is 0. The van der Waals surface area contributed by atoms with Gasteiger partial charge in [-0.25, -0.2) is 15.0 Å². The molecule has 1 aromatic heterocycles. The molecule has 2 heterocycles. The van der Waals surface area contributed by atoms with Gasteiger partial charge in [0.2, 0.25) is 11.9 Å². The first-order valence-corrected chi connectivity index (χ1v) is 8.14. The second kappa shape index (κ2) is 8.09. The number of benzene rings is 1. The van der Waals surface area contributed by atoms with Crippen LogP contribution in [0.3, 0.4) is 0 Å². The van der Waals surface area contributed by atoms with Gasteiger partial charge in [0, 0.05) is 44.3 Å². The molecule has 1 aromatic carbocycles. The van der Waals surface area contributed by atoms with Crippen molar-refractivity contribution in [3.63, 3.8) is 0 Å². The van der Waals surface area contributed by atoms with Gasteiger partial charge in [0.15, 0.2) is 5.96 Å². The highest BCUT2D eigenvalue weighted by atomic mass is 16.1. The number of hydrogen-bond acceptors (Lipinski definition) is 5. The third kappa shape index (κ3) is 4.66. The van der Waals surface area contributed by atoms with Crippen molar-refractivity contribution in [1.82, 2.24) is 14.9 Å². The van der Waals surface area contributed by atoms with E-state index in [-0.39, 0.29) is 12.5 Å². The normalized spacial score (nSPS) is 15.1. The zero-order valence-electron chi connectivity index (χ0n) is 13.9. The van der Waals surface area contributed by atoms with E-state index in [4.69, 9.17) is 5.73 Å². The van der Waals surface area contributed by atoms with Gasteiger partial charge in [-0.3, -0.25) is 4.79 Å². The Labute approximate surface area is 146 Å². The number of nitrogens with one attached hydrogen (secondary N) is 1. The third-order valence-corrected chi connectivity index (χ3v) is 3.88. The summed E-state index contributed by atoms with van der Waals surface area (Å²) in [6, 6.07) is 11.1. The van der Waals surface area contributed by atoms with Crippen molar-refractivity contribution in [3.8, 4) is 0 Å². The fraction of sp³-hybridized carbons (Fsp3) is 0.294. The van der Waals surface area contributed by atoms with Crippen LogP contribution in [0.1, 0.15) is 0 Å². The maximum atomic E-state index is 11.9. The van der Waals surface area contributed by atoms with Gasteiger partial charge in [0.05, 0.1) is 0 Å². The zero-order chi connectivity index (χ0) is 17.5. The quantitative estimate of drug-likeness (QED) is 0.623. The van der Waals surface area contributed by atoms with Crippen LogP contribution in [0.5, 0.6) is 0 Å². The number of hydrogen-bond donors (Lipinski definition) is 2. The summed E-state index contributed by atoms with van der Waals surface area (Å²) in [4.78, 5) is 28.7. The number of guanidine groups is 1. The monoisotopic (exact) mass is 339 g/mol. The lowest BCUT2D eigenvalue weighted by molar-refractivity contribution is -0.114. The van der Waals surface area contributed by atoms with E-state index in [1.807, 2.05) is 35.2 Å². The van der Waals surface area contributed by atoms with E-state index < -0.39 is 0 Å². The van der Waals surface area contributed by atoms with Crippen molar-refractivity contribution >= 4 is 23.5 Å². The maximum Gasteiger partial charge on any atom is 0.246 e. The lowest BCUT2D eigenvalue weighted by Crippen LogP contribution is -2.51. The van der Waals surface area contributed by atoms with Crippen molar-refractivity contribution in [1.29, 1.82) is 0 Å². The lowest BCUT2D eigenvalue weighted by Gasteiger charge is -2.35. The maximum absolute atomic E-state index is 11.9. The molecule has 3 rings (SSSR count).